The fraction of sp³-hybridized carbons (Fsp3) is 0.158. The van der Waals surface area contributed by atoms with Gasteiger partial charge in [-0.15, -0.1) is 0 Å². The molecule has 0 bridgehead atoms. The minimum absolute atomic E-state index is 0.104. The molecule has 23 heavy (non-hydrogen) atoms. The predicted molar refractivity (Wildman–Crippen MR) is 91.3 cm³/mol. The summed E-state index contributed by atoms with van der Waals surface area (Å²) in [6.45, 7) is 2.96. The van der Waals surface area contributed by atoms with Crippen LogP contribution in [0.5, 0.6) is 0 Å². The molecule has 2 aromatic carbocycles. The number of likely N-dealkylation sites (N-methyl/N-ethyl adjacent to an activating group) is 1. The van der Waals surface area contributed by atoms with Gasteiger partial charge >= 0.3 is 5.97 Å². The normalized spacial score (nSPS) is 9.52. The van der Waals surface area contributed by atoms with Crippen molar-refractivity contribution < 1.29 is 14.7 Å². The van der Waals surface area contributed by atoms with Gasteiger partial charge in [0, 0.05) is 20.2 Å². The fourth-order valence-electron chi connectivity index (χ4n) is 2.03. The van der Waals surface area contributed by atoms with Gasteiger partial charge in [0.15, 0.2) is 0 Å². The number of benzene rings is 2. The maximum atomic E-state index is 12.4. The number of aliphatic carboxylic acids is 1. The molecule has 0 aliphatic carbocycles. The molecule has 0 spiro atoms. The van der Waals surface area contributed by atoms with Crippen molar-refractivity contribution in [2.45, 2.75) is 5.92 Å². The molecule has 4 heteroatoms. The van der Waals surface area contributed by atoms with E-state index in [1.165, 1.54) is 0 Å². The number of hydrogen-bond acceptors (Lipinski definition) is 2. The number of nitrogens with zero attached hydrogens (tertiary/aromatic N) is 1. The molecular formula is C19H21NO3. The van der Waals surface area contributed by atoms with Gasteiger partial charge in [-0.1, -0.05) is 67.2 Å². The second-order valence-electron chi connectivity index (χ2n) is 5.03. The zero-order chi connectivity index (χ0) is 17.2. The smallest absolute Gasteiger partial charge is 0.327 e. The molecule has 0 atom stereocenters. The molecule has 0 saturated carbocycles. The molecule has 0 heterocycles. The lowest BCUT2D eigenvalue weighted by atomic mass is 9.90. The topological polar surface area (TPSA) is 57.6 Å². The van der Waals surface area contributed by atoms with Gasteiger partial charge in [0.25, 0.3) is 0 Å². The van der Waals surface area contributed by atoms with Crippen molar-refractivity contribution in [3.8, 4) is 0 Å². The summed E-state index contributed by atoms with van der Waals surface area (Å²) in [5, 5.41) is 7.60. The van der Waals surface area contributed by atoms with E-state index in [1.54, 1.807) is 19.0 Å². The van der Waals surface area contributed by atoms with Crippen LogP contribution in [0.1, 0.15) is 17.0 Å². The Kier molecular flexibility index (Phi) is 7.27. The zero-order valence-electron chi connectivity index (χ0n) is 13.3. The summed E-state index contributed by atoms with van der Waals surface area (Å²) in [5.74, 6) is -1.10. The van der Waals surface area contributed by atoms with Crippen molar-refractivity contribution in [3.05, 3.63) is 84.4 Å². The number of carboxylic acids is 1. The number of carbonyl (C=O) groups excluding carboxylic acids is 1. The van der Waals surface area contributed by atoms with Crippen LogP contribution in [0.25, 0.3) is 0 Å². The van der Waals surface area contributed by atoms with Crippen LogP contribution in [-0.4, -0.2) is 36.0 Å². The van der Waals surface area contributed by atoms with E-state index in [4.69, 9.17) is 5.11 Å². The van der Waals surface area contributed by atoms with E-state index in [1.807, 2.05) is 60.7 Å². The van der Waals surface area contributed by atoms with Gasteiger partial charge in [-0.25, -0.2) is 4.79 Å². The molecule has 120 valence electrons. The Hall–Kier alpha value is -2.88. The highest BCUT2D eigenvalue weighted by Crippen LogP contribution is 2.25. The summed E-state index contributed by atoms with van der Waals surface area (Å²) in [6, 6.07) is 19.8. The number of amides is 1. The van der Waals surface area contributed by atoms with E-state index in [-0.39, 0.29) is 11.8 Å². The predicted octanol–water partition coefficient (Wildman–Crippen LogP) is 3.16. The van der Waals surface area contributed by atoms with E-state index in [9.17, 15) is 9.59 Å². The van der Waals surface area contributed by atoms with Gasteiger partial charge in [-0.05, 0) is 11.1 Å². The quantitative estimate of drug-likeness (QED) is 0.882. The molecule has 2 rings (SSSR count). The van der Waals surface area contributed by atoms with E-state index >= 15 is 0 Å². The van der Waals surface area contributed by atoms with Crippen molar-refractivity contribution in [1.29, 1.82) is 0 Å². The summed E-state index contributed by atoms with van der Waals surface area (Å²) < 4.78 is 0. The van der Waals surface area contributed by atoms with Crippen molar-refractivity contribution in [2.24, 2.45) is 0 Å². The summed E-state index contributed by atoms with van der Waals surface area (Å²) in [4.78, 5) is 23.3. The van der Waals surface area contributed by atoms with Gasteiger partial charge in [-0.2, -0.15) is 0 Å². The third kappa shape index (κ3) is 5.79. The molecule has 2 aromatic rings. The van der Waals surface area contributed by atoms with E-state index in [0.29, 0.717) is 0 Å². The maximum absolute atomic E-state index is 12.4. The first-order valence-electron chi connectivity index (χ1n) is 7.13. The minimum atomic E-state index is -0.981. The average Bonchev–Trinajstić information content (AvgIpc) is 2.57. The third-order valence-electron chi connectivity index (χ3n) is 3.13. The number of carboxylic acid groups (broad SMARTS) is 1. The Morgan fingerprint density at radius 1 is 0.957 bits per heavy atom. The van der Waals surface area contributed by atoms with Crippen molar-refractivity contribution >= 4 is 11.9 Å². The number of carbonyl (C=O) groups is 2. The summed E-state index contributed by atoms with van der Waals surface area (Å²) in [7, 11) is 3.59. The van der Waals surface area contributed by atoms with Crippen LogP contribution in [0.3, 0.4) is 0 Å². The van der Waals surface area contributed by atoms with Crippen LogP contribution in [-0.2, 0) is 9.59 Å². The van der Waals surface area contributed by atoms with Gasteiger partial charge in [-0.3, -0.25) is 4.79 Å². The lowest BCUT2D eigenvalue weighted by molar-refractivity contribution is -0.131. The minimum Gasteiger partial charge on any atom is -0.478 e. The molecule has 0 unspecified atom stereocenters. The molecule has 0 aliphatic heterocycles. The van der Waals surface area contributed by atoms with Gasteiger partial charge < -0.3 is 10.0 Å². The number of rotatable bonds is 4. The first-order valence-corrected chi connectivity index (χ1v) is 7.13. The first-order chi connectivity index (χ1) is 11.0. The molecule has 0 fully saturated rings. The van der Waals surface area contributed by atoms with E-state index < -0.39 is 5.97 Å². The summed E-state index contributed by atoms with van der Waals surface area (Å²) in [5.41, 5.74) is 2.06. The van der Waals surface area contributed by atoms with Crippen LogP contribution in [0, 0.1) is 0 Å². The molecule has 0 aromatic heterocycles. The highest BCUT2D eigenvalue weighted by Gasteiger charge is 2.23. The Morgan fingerprint density at radius 3 is 1.57 bits per heavy atom. The highest BCUT2D eigenvalue weighted by atomic mass is 16.4. The fourth-order valence-corrected chi connectivity index (χ4v) is 2.03. The van der Waals surface area contributed by atoms with Gasteiger partial charge in [0.1, 0.15) is 0 Å². The Morgan fingerprint density at radius 2 is 1.30 bits per heavy atom. The van der Waals surface area contributed by atoms with Crippen molar-refractivity contribution in [1.82, 2.24) is 4.90 Å². The van der Waals surface area contributed by atoms with Gasteiger partial charge in [0.05, 0.1) is 5.92 Å². The summed E-state index contributed by atoms with van der Waals surface area (Å²) >= 11 is 0. The molecule has 1 N–H and O–H groups in total. The lowest BCUT2D eigenvalue weighted by Crippen LogP contribution is -2.28. The van der Waals surface area contributed by atoms with Crippen LogP contribution in [0.15, 0.2) is 73.3 Å². The van der Waals surface area contributed by atoms with Crippen LogP contribution >= 0.6 is 0 Å². The average molecular weight is 311 g/mol. The Bertz CT molecular complexity index is 597. The Labute approximate surface area is 136 Å². The molecule has 0 radical (unpaired) electrons. The molecule has 0 saturated heterocycles. The monoisotopic (exact) mass is 311 g/mol. The molecule has 1 amide bonds. The van der Waals surface area contributed by atoms with Crippen LogP contribution in [0.4, 0.5) is 0 Å². The number of hydrogen-bond donors (Lipinski definition) is 1. The van der Waals surface area contributed by atoms with Crippen LogP contribution < -0.4 is 0 Å². The Balaban J connectivity index is 0.000000463. The highest BCUT2D eigenvalue weighted by molar-refractivity contribution is 5.86. The van der Waals surface area contributed by atoms with E-state index in [0.717, 1.165) is 17.2 Å². The van der Waals surface area contributed by atoms with Crippen molar-refractivity contribution in [2.75, 3.05) is 14.1 Å². The van der Waals surface area contributed by atoms with Crippen molar-refractivity contribution in [3.63, 3.8) is 0 Å². The molecular weight excluding hydrogens is 290 g/mol. The first kappa shape index (κ1) is 18.2. The molecule has 0 aliphatic rings. The van der Waals surface area contributed by atoms with Crippen LogP contribution in [0.2, 0.25) is 0 Å². The molecule has 4 nitrogen and oxygen atoms in total. The zero-order valence-corrected chi connectivity index (χ0v) is 13.3. The van der Waals surface area contributed by atoms with E-state index in [2.05, 4.69) is 6.58 Å². The summed E-state index contributed by atoms with van der Waals surface area (Å²) in [6.07, 6.45) is 0.833. The SMILES string of the molecule is C=CC(=O)O.CN(C)C(=O)C(c1ccccc1)c1ccccc1. The van der Waals surface area contributed by atoms with Gasteiger partial charge in [0.2, 0.25) is 5.91 Å². The largest absolute Gasteiger partial charge is 0.478 e. The second-order valence-corrected chi connectivity index (χ2v) is 5.03. The second kappa shape index (κ2) is 9.20. The standard InChI is InChI=1S/C16H17NO.C3H4O2/c1-17(2)16(18)15(13-9-5-3-6-10-13)14-11-7-4-8-12-14;1-2-3(4)5/h3-12,15H,1-2H3;2H,1H2,(H,4,5). The maximum Gasteiger partial charge on any atom is 0.327 e. The lowest BCUT2D eigenvalue weighted by Gasteiger charge is -2.21. The third-order valence-corrected chi connectivity index (χ3v) is 3.13.